The van der Waals surface area contributed by atoms with E-state index >= 15 is 0 Å². The highest BCUT2D eigenvalue weighted by Crippen LogP contribution is 2.19. The molecule has 0 atom stereocenters. The molecule has 3 N–H and O–H groups in total. The number of amides is 2. The van der Waals surface area contributed by atoms with E-state index in [4.69, 9.17) is 0 Å². The molecule has 0 aliphatic carbocycles. The maximum Gasteiger partial charge on any atom is 0.315 e. The van der Waals surface area contributed by atoms with Crippen molar-refractivity contribution in [3.05, 3.63) is 71.3 Å². The van der Waals surface area contributed by atoms with Crippen molar-refractivity contribution in [2.45, 2.75) is 32.5 Å². The third-order valence-electron chi connectivity index (χ3n) is 3.41. The highest BCUT2D eigenvalue weighted by Gasteiger charge is 2.15. The zero-order chi connectivity index (χ0) is 16.0. The van der Waals surface area contributed by atoms with Crippen LogP contribution in [0, 0.1) is 0 Å². The number of urea groups is 1. The highest BCUT2D eigenvalue weighted by molar-refractivity contribution is 5.73. The summed E-state index contributed by atoms with van der Waals surface area (Å²) in [6.45, 7) is 4.45. The topological polar surface area (TPSA) is 61.4 Å². The summed E-state index contributed by atoms with van der Waals surface area (Å²) in [4.78, 5) is 11.8. The highest BCUT2D eigenvalue weighted by atomic mass is 16.3. The Balaban J connectivity index is 1.79. The summed E-state index contributed by atoms with van der Waals surface area (Å²) >= 11 is 0. The summed E-state index contributed by atoms with van der Waals surface area (Å²) in [5.74, 6) is 0. The minimum atomic E-state index is -0.848. The Hall–Kier alpha value is -2.33. The first-order valence-electron chi connectivity index (χ1n) is 7.32. The summed E-state index contributed by atoms with van der Waals surface area (Å²) in [7, 11) is 0. The number of nitrogens with one attached hydrogen (secondary N) is 2. The largest absolute Gasteiger partial charge is 0.386 e. The standard InChI is InChI=1S/C18H22N2O2/c1-18(2,22)16-10-8-15(9-11-16)13-20-17(21)19-12-14-6-4-3-5-7-14/h3-11,22H,12-13H2,1-2H3,(H2,19,20,21). The monoisotopic (exact) mass is 298 g/mol. The molecule has 22 heavy (non-hydrogen) atoms. The van der Waals surface area contributed by atoms with Crippen molar-refractivity contribution in [1.29, 1.82) is 0 Å². The average molecular weight is 298 g/mol. The molecule has 2 aromatic carbocycles. The number of rotatable bonds is 5. The van der Waals surface area contributed by atoms with Crippen molar-refractivity contribution >= 4 is 6.03 Å². The van der Waals surface area contributed by atoms with Crippen LogP contribution in [0.1, 0.15) is 30.5 Å². The van der Waals surface area contributed by atoms with Gasteiger partial charge in [-0.25, -0.2) is 4.79 Å². The minimum absolute atomic E-state index is 0.199. The van der Waals surface area contributed by atoms with E-state index in [0.717, 1.165) is 16.7 Å². The number of benzene rings is 2. The van der Waals surface area contributed by atoms with Crippen molar-refractivity contribution in [3.8, 4) is 0 Å². The van der Waals surface area contributed by atoms with Gasteiger partial charge in [0.2, 0.25) is 0 Å². The lowest BCUT2D eigenvalue weighted by Gasteiger charge is -2.18. The summed E-state index contributed by atoms with van der Waals surface area (Å²) in [6, 6.07) is 17.1. The first-order valence-corrected chi connectivity index (χ1v) is 7.32. The molecule has 0 saturated carbocycles. The number of aliphatic hydroxyl groups is 1. The molecule has 4 nitrogen and oxygen atoms in total. The van der Waals surface area contributed by atoms with Gasteiger partial charge in [0.15, 0.2) is 0 Å². The van der Waals surface area contributed by atoms with Gasteiger partial charge in [-0.15, -0.1) is 0 Å². The summed E-state index contributed by atoms with van der Waals surface area (Å²) < 4.78 is 0. The van der Waals surface area contributed by atoms with Crippen LogP contribution >= 0.6 is 0 Å². The van der Waals surface area contributed by atoms with Crippen molar-refractivity contribution in [2.24, 2.45) is 0 Å². The first kappa shape index (κ1) is 16.0. The average Bonchev–Trinajstić information content (AvgIpc) is 2.51. The summed E-state index contributed by atoms with van der Waals surface area (Å²) in [6.07, 6.45) is 0. The number of hydrogen-bond acceptors (Lipinski definition) is 2. The van der Waals surface area contributed by atoms with E-state index in [0.29, 0.717) is 13.1 Å². The zero-order valence-electron chi connectivity index (χ0n) is 13.0. The van der Waals surface area contributed by atoms with Gasteiger partial charge in [0.1, 0.15) is 0 Å². The van der Waals surface area contributed by atoms with E-state index in [2.05, 4.69) is 10.6 Å². The quantitative estimate of drug-likeness (QED) is 0.795. The molecule has 0 heterocycles. The predicted octanol–water partition coefficient (Wildman–Crippen LogP) is 2.91. The van der Waals surface area contributed by atoms with Crippen LogP contribution in [0.15, 0.2) is 54.6 Å². The van der Waals surface area contributed by atoms with E-state index < -0.39 is 5.60 Å². The third kappa shape index (κ3) is 4.90. The Labute approximate surface area is 131 Å². The first-order chi connectivity index (χ1) is 10.4. The van der Waals surface area contributed by atoms with Crippen LogP contribution in [0.4, 0.5) is 4.79 Å². The molecule has 0 saturated heterocycles. The Kier molecular flexibility index (Phi) is 5.17. The lowest BCUT2D eigenvalue weighted by Crippen LogP contribution is -2.34. The molecule has 116 valence electrons. The van der Waals surface area contributed by atoms with Crippen molar-refractivity contribution in [3.63, 3.8) is 0 Å². The van der Waals surface area contributed by atoms with Crippen LogP contribution in [-0.4, -0.2) is 11.1 Å². The summed E-state index contributed by atoms with van der Waals surface area (Å²) in [5.41, 5.74) is 2.05. The van der Waals surface area contributed by atoms with E-state index in [9.17, 15) is 9.90 Å². The van der Waals surface area contributed by atoms with Crippen LogP contribution in [0.25, 0.3) is 0 Å². The summed E-state index contributed by atoms with van der Waals surface area (Å²) in [5, 5.41) is 15.5. The Morgan fingerprint density at radius 2 is 1.41 bits per heavy atom. The van der Waals surface area contributed by atoms with Gasteiger partial charge in [-0.3, -0.25) is 0 Å². The molecule has 4 heteroatoms. The molecular formula is C18H22N2O2. The maximum absolute atomic E-state index is 11.8. The molecule has 0 aromatic heterocycles. The normalized spacial score (nSPS) is 11.0. The van der Waals surface area contributed by atoms with Gasteiger partial charge in [-0.1, -0.05) is 54.6 Å². The van der Waals surface area contributed by atoms with Gasteiger partial charge >= 0.3 is 6.03 Å². The second kappa shape index (κ2) is 7.09. The molecule has 2 rings (SSSR count). The SMILES string of the molecule is CC(C)(O)c1ccc(CNC(=O)NCc2ccccc2)cc1. The fourth-order valence-electron chi connectivity index (χ4n) is 2.05. The predicted molar refractivity (Wildman–Crippen MR) is 87.2 cm³/mol. The van der Waals surface area contributed by atoms with Gasteiger partial charge in [-0.2, -0.15) is 0 Å². The lowest BCUT2D eigenvalue weighted by molar-refractivity contribution is 0.0786. The van der Waals surface area contributed by atoms with Crippen LogP contribution in [0.5, 0.6) is 0 Å². The maximum atomic E-state index is 11.8. The van der Waals surface area contributed by atoms with E-state index in [1.165, 1.54) is 0 Å². The number of carbonyl (C=O) groups excluding carboxylic acids is 1. The second-order valence-corrected chi connectivity index (χ2v) is 5.78. The van der Waals surface area contributed by atoms with Gasteiger partial charge in [0, 0.05) is 13.1 Å². The third-order valence-corrected chi connectivity index (χ3v) is 3.41. The second-order valence-electron chi connectivity index (χ2n) is 5.78. The number of carbonyl (C=O) groups is 1. The number of hydrogen-bond donors (Lipinski definition) is 3. The van der Waals surface area contributed by atoms with Crippen LogP contribution in [0.3, 0.4) is 0 Å². The minimum Gasteiger partial charge on any atom is -0.386 e. The van der Waals surface area contributed by atoms with Crippen LogP contribution < -0.4 is 10.6 Å². The molecule has 0 unspecified atom stereocenters. The van der Waals surface area contributed by atoms with Crippen molar-refractivity contribution < 1.29 is 9.90 Å². The van der Waals surface area contributed by atoms with E-state index in [1.54, 1.807) is 13.8 Å². The molecule has 0 aliphatic rings. The van der Waals surface area contributed by atoms with E-state index in [1.807, 2.05) is 54.6 Å². The molecule has 0 spiro atoms. The Bertz CT molecular complexity index is 601. The molecule has 2 aromatic rings. The molecule has 0 aliphatic heterocycles. The molecule has 0 fully saturated rings. The molecule has 2 amide bonds. The zero-order valence-corrected chi connectivity index (χ0v) is 13.0. The van der Waals surface area contributed by atoms with Gasteiger partial charge in [0.25, 0.3) is 0 Å². The van der Waals surface area contributed by atoms with Crippen molar-refractivity contribution in [1.82, 2.24) is 10.6 Å². The molecule has 0 bridgehead atoms. The van der Waals surface area contributed by atoms with Gasteiger partial charge in [-0.05, 0) is 30.5 Å². The Morgan fingerprint density at radius 1 is 0.909 bits per heavy atom. The van der Waals surface area contributed by atoms with Crippen LogP contribution in [0.2, 0.25) is 0 Å². The van der Waals surface area contributed by atoms with Crippen LogP contribution in [-0.2, 0) is 18.7 Å². The molecule has 0 radical (unpaired) electrons. The fourth-order valence-corrected chi connectivity index (χ4v) is 2.05. The van der Waals surface area contributed by atoms with E-state index in [-0.39, 0.29) is 6.03 Å². The Morgan fingerprint density at radius 3 is 1.91 bits per heavy atom. The molecular weight excluding hydrogens is 276 g/mol. The lowest BCUT2D eigenvalue weighted by atomic mass is 9.97. The smallest absolute Gasteiger partial charge is 0.315 e. The fraction of sp³-hybridized carbons (Fsp3) is 0.278. The van der Waals surface area contributed by atoms with Crippen molar-refractivity contribution in [2.75, 3.05) is 0 Å². The van der Waals surface area contributed by atoms with Gasteiger partial charge in [0.05, 0.1) is 5.60 Å². The van der Waals surface area contributed by atoms with Gasteiger partial charge < -0.3 is 15.7 Å².